The Morgan fingerprint density at radius 1 is 0.825 bits per heavy atom. The number of hydrogen-bond donors (Lipinski definition) is 1. The zero-order valence-corrected chi connectivity index (χ0v) is 22.8. The third kappa shape index (κ3) is 5.35. The van der Waals surface area contributed by atoms with Gasteiger partial charge in [-0.25, -0.2) is 0 Å². The number of benzene rings is 4. The molecule has 0 spiro atoms. The van der Waals surface area contributed by atoms with Gasteiger partial charge in [0.1, 0.15) is 11.4 Å². The van der Waals surface area contributed by atoms with E-state index in [1.54, 1.807) is 22.9 Å². The van der Waals surface area contributed by atoms with Gasteiger partial charge in [0.2, 0.25) is 5.88 Å². The number of aromatic nitrogens is 2. The van der Waals surface area contributed by atoms with E-state index in [9.17, 15) is 9.59 Å². The largest absolute Gasteiger partial charge is 0.496 e. The molecule has 0 saturated carbocycles. The summed E-state index contributed by atoms with van der Waals surface area (Å²) in [4.78, 5) is 25.2. The number of ether oxygens (including phenoxy) is 2. The normalized spacial score (nSPS) is 10.7. The number of nitrogens with zero attached hydrogens (tertiary/aromatic N) is 2. The minimum absolute atomic E-state index is 0.279. The van der Waals surface area contributed by atoms with Gasteiger partial charge >= 0.3 is 5.97 Å². The topological polar surface area (TPSA) is 82.4 Å². The molecule has 0 saturated heterocycles. The maximum absolute atomic E-state index is 12.9. The van der Waals surface area contributed by atoms with E-state index in [0.717, 1.165) is 27.9 Å². The van der Waals surface area contributed by atoms with Crippen molar-refractivity contribution in [2.75, 3.05) is 12.4 Å². The molecule has 0 fully saturated rings. The first-order valence-corrected chi connectivity index (χ1v) is 12.8. The number of carbonyl (C=O) groups excluding carboxylic acids is 2. The Morgan fingerprint density at radius 2 is 1.55 bits per heavy atom. The van der Waals surface area contributed by atoms with E-state index in [1.807, 2.05) is 92.7 Å². The van der Waals surface area contributed by atoms with E-state index >= 15 is 0 Å². The number of aryl methyl sites for hydroxylation is 2. The van der Waals surface area contributed by atoms with E-state index in [4.69, 9.17) is 14.6 Å². The number of carbonyl (C=O) groups is 2. The van der Waals surface area contributed by atoms with Gasteiger partial charge in [0.05, 0.1) is 23.9 Å². The maximum Gasteiger partial charge on any atom is 0.309 e. The van der Waals surface area contributed by atoms with Crippen LogP contribution in [0.3, 0.4) is 0 Å². The predicted molar refractivity (Wildman–Crippen MR) is 156 cm³/mol. The quantitative estimate of drug-likeness (QED) is 0.229. The second kappa shape index (κ2) is 11.3. The van der Waals surface area contributed by atoms with Crippen molar-refractivity contribution in [1.29, 1.82) is 0 Å². The Bertz CT molecular complexity index is 1700. The molecule has 1 heterocycles. The number of esters is 1. The second-order valence-corrected chi connectivity index (χ2v) is 9.42. The molecule has 0 radical (unpaired) electrons. The molecule has 5 aromatic rings. The molecule has 0 bridgehead atoms. The van der Waals surface area contributed by atoms with Crippen LogP contribution in [-0.4, -0.2) is 28.8 Å². The number of nitrogens with one attached hydrogen (secondary N) is 1. The number of rotatable bonds is 7. The molecular formula is C33H29N3O4. The molecule has 0 aliphatic heterocycles. The van der Waals surface area contributed by atoms with Gasteiger partial charge in [0.15, 0.2) is 0 Å². The van der Waals surface area contributed by atoms with E-state index in [0.29, 0.717) is 34.1 Å². The van der Waals surface area contributed by atoms with Crippen LogP contribution in [-0.2, 0) is 4.79 Å². The summed E-state index contributed by atoms with van der Waals surface area (Å²) in [5.41, 5.74) is 6.93. The van der Waals surface area contributed by atoms with Gasteiger partial charge in [-0.05, 0) is 61.4 Å². The number of anilines is 1. The Balaban J connectivity index is 1.62. The van der Waals surface area contributed by atoms with Crippen LogP contribution < -0.4 is 14.8 Å². The van der Waals surface area contributed by atoms with Crippen molar-refractivity contribution in [2.45, 2.75) is 20.8 Å². The molecule has 1 N–H and O–H groups in total. The van der Waals surface area contributed by atoms with Crippen LogP contribution in [0.15, 0.2) is 97.1 Å². The second-order valence-electron chi connectivity index (χ2n) is 9.42. The maximum atomic E-state index is 12.9. The highest BCUT2D eigenvalue weighted by Gasteiger charge is 2.25. The minimum atomic E-state index is -0.451. The lowest BCUT2D eigenvalue weighted by Crippen LogP contribution is -2.13. The Hall–Kier alpha value is -5.17. The summed E-state index contributed by atoms with van der Waals surface area (Å²) in [5, 5.41) is 7.89. The van der Waals surface area contributed by atoms with Crippen molar-refractivity contribution in [3.05, 3.63) is 114 Å². The summed E-state index contributed by atoms with van der Waals surface area (Å²) in [7, 11) is 1.53. The van der Waals surface area contributed by atoms with Crippen LogP contribution in [0.5, 0.6) is 11.6 Å². The summed E-state index contributed by atoms with van der Waals surface area (Å²) in [5.74, 6) is 0.0873. The van der Waals surface area contributed by atoms with Gasteiger partial charge in [-0.15, -0.1) is 0 Å². The first kappa shape index (κ1) is 26.4. The first-order valence-electron chi connectivity index (χ1n) is 12.8. The highest BCUT2D eigenvalue weighted by atomic mass is 16.5. The number of methoxy groups -OCH3 is 1. The van der Waals surface area contributed by atoms with Crippen molar-refractivity contribution in [2.24, 2.45) is 0 Å². The lowest BCUT2D eigenvalue weighted by molar-refractivity contribution is -0.132. The van der Waals surface area contributed by atoms with Crippen LogP contribution >= 0.6 is 0 Å². The van der Waals surface area contributed by atoms with Crippen molar-refractivity contribution >= 4 is 17.6 Å². The smallest absolute Gasteiger partial charge is 0.309 e. The number of hydrogen-bond acceptors (Lipinski definition) is 5. The van der Waals surface area contributed by atoms with Gasteiger partial charge < -0.3 is 14.8 Å². The van der Waals surface area contributed by atoms with Gasteiger partial charge in [0, 0.05) is 18.2 Å². The Labute approximate surface area is 233 Å². The molecule has 5 rings (SSSR count). The fourth-order valence-corrected chi connectivity index (χ4v) is 4.60. The molecule has 7 nitrogen and oxygen atoms in total. The number of amides is 1. The molecule has 0 unspecified atom stereocenters. The van der Waals surface area contributed by atoms with Crippen molar-refractivity contribution < 1.29 is 19.1 Å². The Kier molecular flexibility index (Phi) is 7.46. The van der Waals surface area contributed by atoms with Gasteiger partial charge in [0.25, 0.3) is 5.91 Å². The van der Waals surface area contributed by atoms with Crippen molar-refractivity contribution in [3.63, 3.8) is 0 Å². The molecule has 4 aromatic carbocycles. The van der Waals surface area contributed by atoms with Gasteiger partial charge in [-0.2, -0.15) is 9.78 Å². The number of para-hydroxylation sites is 2. The van der Waals surface area contributed by atoms with Gasteiger partial charge in [-0.1, -0.05) is 66.2 Å². The zero-order chi connectivity index (χ0) is 28.2. The molecule has 0 aliphatic rings. The van der Waals surface area contributed by atoms with E-state index in [-0.39, 0.29) is 5.91 Å². The lowest BCUT2D eigenvalue weighted by Gasteiger charge is -2.12. The van der Waals surface area contributed by atoms with E-state index in [2.05, 4.69) is 5.32 Å². The highest BCUT2D eigenvalue weighted by Crippen LogP contribution is 2.41. The summed E-state index contributed by atoms with van der Waals surface area (Å²) in [6, 6.07) is 30.3. The third-order valence-electron chi connectivity index (χ3n) is 6.50. The summed E-state index contributed by atoms with van der Waals surface area (Å²) in [6.45, 7) is 5.38. The molecule has 1 amide bonds. The SMILES string of the molecule is COc1ccccc1C(=O)Nc1ccc(-c2c(-c3cccc(C)c3)nn(-c3ccccc3C)c2OC(C)=O)cc1. The first-order chi connectivity index (χ1) is 19.4. The molecule has 200 valence electrons. The van der Waals surface area contributed by atoms with Crippen LogP contribution in [0.25, 0.3) is 28.1 Å². The van der Waals surface area contributed by atoms with Crippen LogP contribution in [0.2, 0.25) is 0 Å². The molecule has 40 heavy (non-hydrogen) atoms. The van der Waals surface area contributed by atoms with E-state index in [1.165, 1.54) is 14.0 Å². The summed E-state index contributed by atoms with van der Waals surface area (Å²) >= 11 is 0. The highest BCUT2D eigenvalue weighted by molar-refractivity contribution is 6.06. The zero-order valence-electron chi connectivity index (χ0n) is 22.8. The van der Waals surface area contributed by atoms with Gasteiger partial charge in [-0.3, -0.25) is 9.59 Å². The average Bonchev–Trinajstić information content (AvgIpc) is 3.31. The molecule has 1 aromatic heterocycles. The summed E-state index contributed by atoms with van der Waals surface area (Å²) in [6.07, 6.45) is 0. The average molecular weight is 532 g/mol. The molecular weight excluding hydrogens is 502 g/mol. The standard InChI is InChI=1S/C33H29N3O4/c1-21-10-9-12-25(20-21)31-30(33(40-23(3)37)36(35-31)28-14-7-5-11-22(28)2)24-16-18-26(19-17-24)34-32(38)27-13-6-8-15-29(27)39-4/h5-20H,1-4H3,(H,34,38). The fraction of sp³-hybridized carbons (Fsp3) is 0.121. The van der Waals surface area contributed by atoms with Crippen LogP contribution in [0.4, 0.5) is 5.69 Å². The van der Waals surface area contributed by atoms with Crippen molar-refractivity contribution in [1.82, 2.24) is 9.78 Å². The monoisotopic (exact) mass is 531 g/mol. The molecule has 0 aliphatic carbocycles. The van der Waals surface area contributed by atoms with E-state index < -0.39 is 5.97 Å². The lowest BCUT2D eigenvalue weighted by atomic mass is 10.00. The molecule has 7 heteroatoms. The molecule has 0 atom stereocenters. The minimum Gasteiger partial charge on any atom is -0.496 e. The van der Waals surface area contributed by atoms with Crippen molar-refractivity contribution in [3.8, 4) is 39.7 Å². The third-order valence-corrected chi connectivity index (χ3v) is 6.50. The van der Waals surface area contributed by atoms with Crippen LogP contribution in [0, 0.1) is 13.8 Å². The van der Waals surface area contributed by atoms with Crippen LogP contribution in [0.1, 0.15) is 28.4 Å². The summed E-state index contributed by atoms with van der Waals surface area (Å²) < 4.78 is 12.8. The predicted octanol–water partition coefficient (Wildman–Crippen LogP) is 7.01. The Morgan fingerprint density at radius 3 is 2.25 bits per heavy atom. The fourth-order valence-electron chi connectivity index (χ4n) is 4.60.